The number of amides is 1. The molecule has 0 fully saturated rings. The molecule has 29 heavy (non-hydrogen) atoms. The van der Waals surface area contributed by atoms with Gasteiger partial charge in [-0.2, -0.15) is 4.98 Å². The van der Waals surface area contributed by atoms with Gasteiger partial charge >= 0.3 is 0 Å². The van der Waals surface area contributed by atoms with Crippen LogP contribution in [-0.2, 0) is 24.2 Å². The highest BCUT2D eigenvalue weighted by Gasteiger charge is 2.22. The lowest BCUT2D eigenvalue weighted by molar-refractivity contribution is 0.103. The SMILES string of the molecule is COCc1nc(OC)c2c(C)c(C(=O)Nc3nc4c(s3)CCCCCC4)sc2n1. The molecule has 1 aliphatic carbocycles. The smallest absolute Gasteiger partial charge is 0.267 e. The molecule has 7 nitrogen and oxygen atoms in total. The molecule has 0 saturated carbocycles. The number of ether oxygens (including phenoxy) is 2. The van der Waals surface area contributed by atoms with E-state index in [1.54, 1.807) is 25.6 Å². The van der Waals surface area contributed by atoms with Crippen LogP contribution in [0.3, 0.4) is 0 Å². The number of thiophene rings is 1. The molecule has 1 amide bonds. The van der Waals surface area contributed by atoms with Crippen LogP contribution in [0.25, 0.3) is 10.2 Å². The summed E-state index contributed by atoms with van der Waals surface area (Å²) in [5.74, 6) is 0.833. The van der Waals surface area contributed by atoms with Crippen LogP contribution < -0.4 is 10.1 Å². The average Bonchev–Trinajstić information content (AvgIpc) is 3.22. The first-order valence-corrected chi connectivity index (χ1v) is 11.4. The fourth-order valence-electron chi connectivity index (χ4n) is 3.62. The summed E-state index contributed by atoms with van der Waals surface area (Å²) in [5.41, 5.74) is 1.97. The summed E-state index contributed by atoms with van der Waals surface area (Å²) < 4.78 is 10.6. The summed E-state index contributed by atoms with van der Waals surface area (Å²) in [7, 11) is 3.16. The van der Waals surface area contributed by atoms with Crippen molar-refractivity contribution in [2.24, 2.45) is 0 Å². The van der Waals surface area contributed by atoms with Gasteiger partial charge in [-0.15, -0.1) is 22.7 Å². The van der Waals surface area contributed by atoms with Crippen LogP contribution in [0.4, 0.5) is 5.13 Å². The zero-order valence-corrected chi connectivity index (χ0v) is 18.5. The molecule has 3 aromatic rings. The molecule has 3 aromatic heterocycles. The zero-order chi connectivity index (χ0) is 20.4. The predicted molar refractivity (Wildman–Crippen MR) is 115 cm³/mol. The van der Waals surface area contributed by atoms with Crippen LogP contribution in [0.1, 0.15) is 57.3 Å². The van der Waals surface area contributed by atoms with Crippen LogP contribution in [0.15, 0.2) is 0 Å². The maximum Gasteiger partial charge on any atom is 0.267 e. The molecular weight excluding hydrogens is 408 g/mol. The highest BCUT2D eigenvalue weighted by molar-refractivity contribution is 7.21. The van der Waals surface area contributed by atoms with E-state index >= 15 is 0 Å². The predicted octanol–water partition coefficient (Wildman–Crippen LogP) is 4.52. The quantitative estimate of drug-likeness (QED) is 0.638. The minimum Gasteiger partial charge on any atom is -0.480 e. The van der Waals surface area contributed by atoms with Crippen LogP contribution in [0, 0.1) is 6.92 Å². The summed E-state index contributed by atoms with van der Waals surface area (Å²) in [6, 6.07) is 0. The highest BCUT2D eigenvalue weighted by atomic mass is 32.1. The summed E-state index contributed by atoms with van der Waals surface area (Å²) in [5, 5.41) is 4.45. The molecule has 1 N–H and O–H groups in total. The number of fused-ring (bicyclic) bond motifs is 2. The number of anilines is 1. The Hall–Kier alpha value is -2.10. The number of aryl methyl sites for hydroxylation is 3. The molecule has 1 aliphatic rings. The molecule has 0 saturated heterocycles. The van der Waals surface area contributed by atoms with E-state index in [-0.39, 0.29) is 12.5 Å². The Labute approximate surface area is 177 Å². The van der Waals surface area contributed by atoms with Crippen molar-refractivity contribution in [2.45, 2.75) is 52.1 Å². The van der Waals surface area contributed by atoms with E-state index in [2.05, 4.69) is 15.3 Å². The highest BCUT2D eigenvalue weighted by Crippen LogP contribution is 2.36. The summed E-state index contributed by atoms with van der Waals surface area (Å²) in [6.07, 6.45) is 6.95. The number of nitrogens with one attached hydrogen (secondary N) is 1. The molecule has 0 spiro atoms. The van der Waals surface area contributed by atoms with Gasteiger partial charge < -0.3 is 9.47 Å². The van der Waals surface area contributed by atoms with Crippen molar-refractivity contribution in [2.75, 3.05) is 19.5 Å². The maximum atomic E-state index is 13.0. The Morgan fingerprint density at radius 2 is 1.86 bits per heavy atom. The van der Waals surface area contributed by atoms with Gasteiger partial charge in [-0.1, -0.05) is 12.8 Å². The first kappa shape index (κ1) is 20.2. The summed E-state index contributed by atoms with van der Waals surface area (Å²) in [4.78, 5) is 29.3. The fourth-order valence-corrected chi connectivity index (χ4v) is 5.75. The fraction of sp³-hybridized carbons (Fsp3) is 0.500. The number of methoxy groups -OCH3 is 2. The van der Waals surface area contributed by atoms with Gasteiger partial charge in [-0.05, 0) is 38.2 Å². The van der Waals surface area contributed by atoms with Gasteiger partial charge in [0.2, 0.25) is 5.88 Å². The molecule has 0 aromatic carbocycles. The number of aromatic nitrogens is 3. The Morgan fingerprint density at radius 3 is 2.62 bits per heavy atom. The summed E-state index contributed by atoms with van der Waals surface area (Å²) in [6.45, 7) is 2.19. The second-order valence-corrected chi connectivity index (χ2v) is 9.16. The minimum atomic E-state index is -0.164. The van der Waals surface area contributed by atoms with E-state index in [1.165, 1.54) is 41.9 Å². The average molecular weight is 433 g/mol. The number of thiazole rings is 1. The van der Waals surface area contributed by atoms with Crippen molar-refractivity contribution in [3.8, 4) is 5.88 Å². The van der Waals surface area contributed by atoms with Gasteiger partial charge in [0.25, 0.3) is 5.91 Å². The maximum absolute atomic E-state index is 13.0. The molecule has 4 rings (SSSR count). The van der Waals surface area contributed by atoms with Crippen LogP contribution >= 0.6 is 22.7 Å². The van der Waals surface area contributed by atoms with Gasteiger partial charge in [0.05, 0.1) is 23.1 Å². The van der Waals surface area contributed by atoms with Crippen molar-refractivity contribution >= 4 is 43.9 Å². The van der Waals surface area contributed by atoms with Gasteiger partial charge in [-0.3, -0.25) is 10.1 Å². The molecule has 154 valence electrons. The lowest BCUT2D eigenvalue weighted by Gasteiger charge is -2.06. The van der Waals surface area contributed by atoms with E-state index in [0.29, 0.717) is 21.7 Å². The van der Waals surface area contributed by atoms with Gasteiger partial charge in [0.15, 0.2) is 11.0 Å². The van der Waals surface area contributed by atoms with E-state index in [0.717, 1.165) is 34.3 Å². The van der Waals surface area contributed by atoms with E-state index in [4.69, 9.17) is 14.5 Å². The van der Waals surface area contributed by atoms with Crippen molar-refractivity contribution in [1.82, 2.24) is 15.0 Å². The minimum absolute atomic E-state index is 0.164. The van der Waals surface area contributed by atoms with E-state index in [1.807, 2.05) is 6.92 Å². The normalized spacial score (nSPS) is 14.3. The third-order valence-electron chi connectivity index (χ3n) is 5.04. The third kappa shape index (κ3) is 4.12. The Balaban J connectivity index is 1.63. The molecule has 0 aliphatic heterocycles. The van der Waals surface area contributed by atoms with E-state index < -0.39 is 0 Å². The first-order valence-electron chi connectivity index (χ1n) is 9.73. The van der Waals surface area contributed by atoms with Gasteiger partial charge in [-0.25, -0.2) is 9.97 Å². The molecule has 0 unspecified atom stereocenters. The largest absolute Gasteiger partial charge is 0.480 e. The number of hydrogen-bond donors (Lipinski definition) is 1. The molecule has 3 heterocycles. The van der Waals surface area contributed by atoms with Gasteiger partial charge in [0.1, 0.15) is 11.4 Å². The Kier molecular flexibility index (Phi) is 6.07. The van der Waals surface area contributed by atoms with E-state index in [9.17, 15) is 4.79 Å². The molecule has 9 heteroatoms. The Morgan fingerprint density at radius 1 is 1.07 bits per heavy atom. The summed E-state index contributed by atoms with van der Waals surface area (Å²) >= 11 is 2.94. The lowest BCUT2D eigenvalue weighted by Crippen LogP contribution is -2.11. The van der Waals surface area contributed by atoms with Crippen molar-refractivity contribution in [1.29, 1.82) is 0 Å². The number of carbonyl (C=O) groups is 1. The second kappa shape index (κ2) is 8.73. The number of nitrogens with zero attached hydrogens (tertiary/aromatic N) is 3. The number of hydrogen-bond acceptors (Lipinski definition) is 8. The monoisotopic (exact) mass is 432 g/mol. The van der Waals surface area contributed by atoms with Crippen LogP contribution in [0.5, 0.6) is 5.88 Å². The lowest BCUT2D eigenvalue weighted by atomic mass is 10.0. The molecule has 0 atom stereocenters. The Bertz CT molecular complexity index is 1020. The second-order valence-electron chi connectivity index (χ2n) is 7.08. The van der Waals surface area contributed by atoms with Gasteiger partial charge in [0, 0.05) is 12.0 Å². The first-order chi connectivity index (χ1) is 14.1. The molecule has 0 bridgehead atoms. The zero-order valence-electron chi connectivity index (χ0n) is 16.8. The van der Waals surface area contributed by atoms with Crippen LogP contribution in [-0.4, -0.2) is 35.1 Å². The third-order valence-corrected chi connectivity index (χ3v) is 7.30. The van der Waals surface area contributed by atoms with Crippen molar-refractivity contribution < 1.29 is 14.3 Å². The molecule has 0 radical (unpaired) electrons. The molecular formula is C20H24N4O3S2. The standard InChI is InChI=1S/C20H24N4O3S2/c1-11-15-18(27-3)22-14(10-26-2)23-19(15)29-16(11)17(25)24-20-21-12-8-6-4-5-7-9-13(12)28-20/h4-10H2,1-3H3,(H,21,24,25). The van der Waals surface area contributed by atoms with Crippen LogP contribution in [0.2, 0.25) is 0 Å². The number of carbonyl (C=O) groups excluding carboxylic acids is 1. The van der Waals surface area contributed by atoms with Crippen molar-refractivity contribution in [3.05, 3.63) is 26.8 Å². The van der Waals surface area contributed by atoms with Crippen molar-refractivity contribution in [3.63, 3.8) is 0 Å². The number of rotatable bonds is 5. The topological polar surface area (TPSA) is 86.2 Å².